The molecule has 1 amide bonds. The monoisotopic (exact) mass is 299 g/mol. The van der Waals surface area contributed by atoms with E-state index in [9.17, 15) is 4.79 Å². The van der Waals surface area contributed by atoms with Gasteiger partial charge in [0.1, 0.15) is 12.7 Å². The van der Waals surface area contributed by atoms with Crippen molar-refractivity contribution in [2.45, 2.75) is 25.8 Å². The molecule has 1 heterocycles. The Morgan fingerprint density at radius 3 is 2.82 bits per heavy atom. The lowest BCUT2D eigenvalue weighted by molar-refractivity contribution is -0.126. The van der Waals surface area contributed by atoms with E-state index in [4.69, 9.17) is 5.73 Å². The Kier molecular flexibility index (Phi) is 4.48. The smallest absolute Gasteiger partial charge is 0.223 e. The van der Waals surface area contributed by atoms with Gasteiger partial charge in [-0.25, -0.2) is 9.67 Å². The van der Waals surface area contributed by atoms with E-state index < -0.39 is 0 Å². The van der Waals surface area contributed by atoms with Crippen molar-refractivity contribution in [2.24, 2.45) is 17.6 Å². The molecule has 3 N–H and O–H groups in total. The second kappa shape index (κ2) is 6.70. The van der Waals surface area contributed by atoms with Crippen LogP contribution < -0.4 is 11.1 Å². The highest BCUT2D eigenvalue weighted by molar-refractivity contribution is 5.79. The van der Waals surface area contributed by atoms with Crippen LogP contribution in [0, 0.1) is 11.8 Å². The lowest BCUT2D eigenvalue weighted by Crippen LogP contribution is -2.34. The van der Waals surface area contributed by atoms with E-state index in [1.165, 1.54) is 6.33 Å². The maximum absolute atomic E-state index is 12.3. The summed E-state index contributed by atoms with van der Waals surface area (Å²) in [5.41, 5.74) is 7.76. The summed E-state index contributed by atoms with van der Waals surface area (Å²) in [5.74, 6) is 0.558. The van der Waals surface area contributed by atoms with E-state index >= 15 is 0 Å². The lowest BCUT2D eigenvalue weighted by Gasteiger charge is -2.17. The molecule has 6 heteroatoms. The van der Waals surface area contributed by atoms with Crippen LogP contribution in [0.5, 0.6) is 0 Å². The van der Waals surface area contributed by atoms with E-state index in [-0.39, 0.29) is 11.8 Å². The maximum Gasteiger partial charge on any atom is 0.223 e. The van der Waals surface area contributed by atoms with Gasteiger partial charge in [-0.05, 0) is 43.0 Å². The van der Waals surface area contributed by atoms with Gasteiger partial charge >= 0.3 is 0 Å². The minimum absolute atomic E-state index is 0.0828. The Morgan fingerprint density at radius 2 is 2.14 bits per heavy atom. The summed E-state index contributed by atoms with van der Waals surface area (Å²) in [4.78, 5) is 16.2. The van der Waals surface area contributed by atoms with E-state index in [2.05, 4.69) is 15.4 Å². The normalized spacial score (nSPS) is 21.0. The molecule has 1 aliphatic carbocycles. The molecule has 0 saturated heterocycles. The topological polar surface area (TPSA) is 85.8 Å². The number of nitrogens with one attached hydrogen (secondary N) is 1. The Bertz CT molecular complexity index is 608. The van der Waals surface area contributed by atoms with Crippen LogP contribution >= 0.6 is 0 Å². The molecular formula is C16H21N5O. The molecule has 0 bridgehead atoms. The second-order valence-electron chi connectivity index (χ2n) is 5.76. The number of nitrogens with zero attached hydrogens (tertiary/aromatic N) is 3. The fourth-order valence-electron chi connectivity index (χ4n) is 3.09. The molecule has 0 unspecified atom stereocenters. The number of amides is 1. The molecule has 22 heavy (non-hydrogen) atoms. The molecular weight excluding hydrogens is 278 g/mol. The molecule has 2 atom stereocenters. The molecule has 1 aliphatic rings. The first-order chi connectivity index (χ1) is 10.8. The summed E-state index contributed by atoms with van der Waals surface area (Å²) in [6, 6.07) is 7.92. The van der Waals surface area contributed by atoms with Crippen molar-refractivity contribution in [3.63, 3.8) is 0 Å². The molecule has 116 valence electrons. The minimum atomic E-state index is 0.0828. The van der Waals surface area contributed by atoms with Gasteiger partial charge in [0, 0.05) is 12.5 Å². The van der Waals surface area contributed by atoms with Crippen LogP contribution in [0.1, 0.15) is 24.8 Å². The Labute approximate surface area is 129 Å². The van der Waals surface area contributed by atoms with Crippen molar-refractivity contribution >= 4 is 5.91 Å². The summed E-state index contributed by atoms with van der Waals surface area (Å²) in [5, 5.41) is 7.11. The predicted molar refractivity (Wildman–Crippen MR) is 83.1 cm³/mol. The molecule has 1 saturated carbocycles. The molecule has 1 aromatic heterocycles. The number of nitrogens with two attached hydrogens (primary N) is 1. The minimum Gasteiger partial charge on any atom is -0.352 e. The lowest BCUT2D eigenvalue weighted by atomic mass is 9.95. The third-order valence-corrected chi connectivity index (χ3v) is 4.38. The first-order valence-corrected chi connectivity index (χ1v) is 7.69. The number of hydrogen-bond donors (Lipinski definition) is 2. The molecule has 1 fully saturated rings. The molecule has 1 aromatic carbocycles. The van der Waals surface area contributed by atoms with Crippen LogP contribution in [0.3, 0.4) is 0 Å². The Balaban J connectivity index is 1.56. The highest BCUT2D eigenvalue weighted by atomic mass is 16.1. The van der Waals surface area contributed by atoms with Gasteiger partial charge in [-0.1, -0.05) is 18.6 Å². The summed E-state index contributed by atoms with van der Waals surface area (Å²) >= 11 is 0. The fraction of sp³-hybridized carbons (Fsp3) is 0.438. The summed E-state index contributed by atoms with van der Waals surface area (Å²) in [7, 11) is 0. The van der Waals surface area contributed by atoms with Gasteiger partial charge in [0.05, 0.1) is 5.69 Å². The van der Waals surface area contributed by atoms with Gasteiger partial charge in [-0.2, -0.15) is 5.10 Å². The van der Waals surface area contributed by atoms with Crippen molar-refractivity contribution in [1.82, 2.24) is 20.1 Å². The van der Waals surface area contributed by atoms with Crippen molar-refractivity contribution in [2.75, 3.05) is 6.54 Å². The van der Waals surface area contributed by atoms with Crippen molar-refractivity contribution in [3.8, 4) is 5.69 Å². The Hall–Kier alpha value is -2.21. The SMILES string of the molecule is NC[C@H]1CCC[C@H]1C(=O)NCc1ccc(-n2cncn2)cc1. The molecule has 3 rings (SSSR count). The van der Waals surface area contributed by atoms with E-state index in [0.717, 1.165) is 30.5 Å². The Morgan fingerprint density at radius 1 is 1.32 bits per heavy atom. The van der Waals surface area contributed by atoms with Gasteiger partial charge < -0.3 is 11.1 Å². The molecule has 2 aromatic rings. The maximum atomic E-state index is 12.3. The van der Waals surface area contributed by atoms with Crippen LogP contribution in [-0.2, 0) is 11.3 Å². The van der Waals surface area contributed by atoms with Gasteiger partial charge in [0.15, 0.2) is 0 Å². The van der Waals surface area contributed by atoms with Crippen LogP contribution in [-0.4, -0.2) is 27.2 Å². The van der Waals surface area contributed by atoms with E-state index in [0.29, 0.717) is 19.0 Å². The van der Waals surface area contributed by atoms with Gasteiger partial charge in [-0.3, -0.25) is 4.79 Å². The number of benzene rings is 1. The number of rotatable bonds is 5. The zero-order valence-corrected chi connectivity index (χ0v) is 12.5. The van der Waals surface area contributed by atoms with E-state index in [1.54, 1.807) is 11.0 Å². The highest BCUT2D eigenvalue weighted by Gasteiger charge is 2.31. The first kappa shape index (κ1) is 14.7. The summed E-state index contributed by atoms with van der Waals surface area (Å²) in [6.45, 7) is 1.15. The van der Waals surface area contributed by atoms with Crippen LogP contribution in [0.15, 0.2) is 36.9 Å². The third-order valence-electron chi connectivity index (χ3n) is 4.38. The van der Waals surface area contributed by atoms with Gasteiger partial charge in [-0.15, -0.1) is 0 Å². The average molecular weight is 299 g/mol. The third kappa shape index (κ3) is 3.17. The predicted octanol–water partition coefficient (Wildman–Crippen LogP) is 1.26. The highest BCUT2D eigenvalue weighted by Crippen LogP contribution is 2.30. The van der Waals surface area contributed by atoms with Gasteiger partial charge in [0.2, 0.25) is 5.91 Å². The van der Waals surface area contributed by atoms with Crippen LogP contribution in [0.25, 0.3) is 5.69 Å². The van der Waals surface area contributed by atoms with Gasteiger partial charge in [0.25, 0.3) is 0 Å². The van der Waals surface area contributed by atoms with E-state index in [1.807, 2.05) is 24.3 Å². The number of carbonyl (C=O) groups is 1. The van der Waals surface area contributed by atoms with Crippen molar-refractivity contribution in [3.05, 3.63) is 42.5 Å². The number of carbonyl (C=O) groups excluding carboxylic acids is 1. The molecule has 0 radical (unpaired) electrons. The zero-order chi connectivity index (χ0) is 15.4. The standard InChI is InChI=1S/C16H21N5O/c17-8-13-2-1-3-15(13)16(22)19-9-12-4-6-14(7-5-12)21-11-18-10-20-21/h4-7,10-11,13,15H,1-3,8-9,17H2,(H,19,22)/t13-,15-/m1/s1. The quantitative estimate of drug-likeness (QED) is 0.870. The average Bonchev–Trinajstić information content (AvgIpc) is 3.24. The van der Waals surface area contributed by atoms with Crippen molar-refractivity contribution < 1.29 is 4.79 Å². The molecule has 0 spiro atoms. The largest absolute Gasteiger partial charge is 0.352 e. The summed E-state index contributed by atoms with van der Waals surface area (Å²) in [6.07, 6.45) is 6.29. The molecule has 6 nitrogen and oxygen atoms in total. The van der Waals surface area contributed by atoms with Crippen LogP contribution in [0.4, 0.5) is 0 Å². The number of hydrogen-bond acceptors (Lipinski definition) is 4. The zero-order valence-electron chi connectivity index (χ0n) is 12.5. The first-order valence-electron chi connectivity index (χ1n) is 7.69. The second-order valence-corrected chi connectivity index (χ2v) is 5.76. The number of aromatic nitrogens is 3. The fourth-order valence-corrected chi connectivity index (χ4v) is 3.09. The molecule has 0 aliphatic heterocycles. The summed E-state index contributed by atoms with van der Waals surface area (Å²) < 4.78 is 1.70. The van der Waals surface area contributed by atoms with Crippen LogP contribution in [0.2, 0.25) is 0 Å². The van der Waals surface area contributed by atoms with Crippen molar-refractivity contribution in [1.29, 1.82) is 0 Å².